The minimum atomic E-state index is -0.703. The van der Waals surface area contributed by atoms with Gasteiger partial charge in [0.25, 0.3) is 0 Å². The van der Waals surface area contributed by atoms with E-state index in [1.165, 1.54) is 0 Å². The summed E-state index contributed by atoms with van der Waals surface area (Å²) in [5.74, 6) is 0.554. The van der Waals surface area contributed by atoms with Crippen LogP contribution in [0.1, 0.15) is 16.8 Å². The number of anilines is 3. The molecule has 104 valence electrons. The second-order valence-electron chi connectivity index (χ2n) is 4.40. The topological polar surface area (TPSA) is 89.9 Å². The first-order valence-corrected chi connectivity index (χ1v) is 6.01. The van der Waals surface area contributed by atoms with Crippen molar-refractivity contribution in [3.63, 3.8) is 0 Å². The maximum atomic E-state index is 12.8. The van der Waals surface area contributed by atoms with Gasteiger partial charge >= 0.3 is 0 Å². The minimum absolute atomic E-state index is 0.125. The molecule has 0 saturated carbocycles. The maximum Gasteiger partial charge on any atom is 0.142 e. The Hall–Kier alpha value is -2.63. The molecule has 0 unspecified atom stereocenters. The molecule has 0 amide bonds. The van der Waals surface area contributed by atoms with Crippen LogP contribution in [0.25, 0.3) is 5.70 Å². The van der Waals surface area contributed by atoms with Gasteiger partial charge in [-0.25, -0.2) is 9.37 Å². The lowest BCUT2D eigenvalue weighted by Gasteiger charge is -2.13. The molecule has 0 saturated heterocycles. The highest BCUT2D eigenvalue weighted by Gasteiger charge is 2.11. The summed E-state index contributed by atoms with van der Waals surface area (Å²) in [7, 11) is 0. The number of aromatic nitrogens is 2. The molecular weight excluding hydrogens is 257 g/mol. The summed E-state index contributed by atoms with van der Waals surface area (Å²) in [4.78, 5) is 8.31. The molecule has 0 aliphatic heterocycles. The Morgan fingerprint density at radius 2 is 2.20 bits per heavy atom. The van der Waals surface area contributed by atoms with Crippen LogP contribution in [0, 0.1) is 6.92 Å². The minimum Gasteiger partial charge on any atom is -0.399 e. The SMILES string of the molecule is C=C(N)c1cc(CF)c(N)nc1Nc1ccc(C)nc1. The van der Waals surface area contributed by atoms with E-state index < -0.39 is 6.67 Å². The summed E-state index contributed by atoms with van der Waals surface area (Å²) in [6.45, 7) is 4.85. The van der Waals surface area contributed by atoms with E-state index in [0.29, 0.717) is 16.9 Å². The fraction of sp³-hybridized carbons (Fsp3) is 0.143. The Morgan fingerprint density at radius 3 is 2.75 bits per heavy atom. The fourth-order valence-electron chi connectivity index (χ4n) is 1.69. The Morgan fingerprint density at radius 1 is 1.45 bits per heavy atom. The van der Waals surface area contributed by atoms with Gasteiger partial charge < -0.3 is 16.8 Å². The predicted octanol–water partition coefficient (Wildman–Crippen LogP) is 2.51. The Balaban J connectivity index is 2.42. The van der Waals surface area contributed by atoms with Crippen molar-refractivity contribution in [3.8, 4) is 0 Å². The summed E-state index contributed by atoms with van der Waals surface area (Å²) >= 11 is 0. The first-order valence-electron chi connectivity index (χ1n) is 6.01. The summed E-state index contributed by atoms with van der Waals surface area (Å²) < 4.78 is 12.8. The van der Waals surface area contributed by atoms with Gasteiger partial charge in [0, 0.05) is 22.5 Å². The number of alkyl halides is 1. The van der Waals surface area contributed by atoms with Gasteiger partial charge in [-0.15, -0.1) is 0 Å². The third kappa shape index (κ3) is 2.85. The van der Waals surface area contributed by atoms with Crippen LogP contribution in [0.2, 0.25) is 0 Å². The van der Waals surface area contributed by atoms with Crippen LogP contribution < -0.4 is 16.8 Å². The normalized spacial score (nSPS) is 10.3. The third-order valence-electron chi connectivity index (χ3n) is 2.80. The smallest absolute Gasteiger partial charge is 0.142 e. The number of aryl methyl sites for hydroxylation is 1. The van der Waals surface area contributed by atoms with Crippen molar-refractivity contribution >= 4 is 23.0 Å². The van der Waals surface area contributed by atoms with Crippen molar-refractivity contribution in [1.82, 2.24) is 9.97 Å². The van der Waals surface area contributed by atoms with Crippen molar-refractivity contribution in [2.75, 3.05) is 11.1 Å². The van der Waals surface area contributed by atoms with Gasteiger partial charge in [-0.05, 0) is 25.1 Å². The van der Waals surface area contributed by atoms with E-state index in [1.807, 2.05) is 19.1 Å². The highest BCUT2D eigenvalue weighted by Crippen LogP contribution is 2.26. The molecule has 0 fully saturated rings. The summed E-state index contributed by atoms with van der Waals surface area (Å²) in [5.41, 5.74) is 14.1. The van der Waals surface area contributed by atoms with Gasteiger partial charge in [-0.3, -0.25) is 4.98 Å². The first-order chi connectivity index (χ1) is 9.51. The molecule has 0 radical (unpaired) electrons. The molecule has 0 bridgehead atoms. The molecule has 2 rings (SSSR count). The van der Waals surface area contributed by atoms with E-state index in [-0.39, 0.29) is 11.5 Å². The number of nitrogens with one attached hydrogen (secondary N) is 1. The van der Waals surface area contributed by atoms with Crippen LogP contribution in [-0.2, 0) is 6.67 Å². The van der Waals surface area contributed by atoms with Crippen molar-refractivity contribution in [2.45, 2.75) is 13.6 Å². The lowest BCUT2D eigenvalue weighted by molar-refractivity contribution is 0.485. The molecule has 20 heavy (non-hydrogen) atoms. The zero-order valence-corrected chi connectivity index (χ0v) is 11.2. The molecule has 0 spiro atoms. The zero-order chi connectivity index (χ0) is 14.7. The fourth-order valence-corrected chi connectivity index (χ4v) is 1.69. The van der Waals surface area contributed by atoms with Crippen LogP contribution >= 0.6 is 0 Å². The van der Waals surface area contributed by atoms with Crippen molar-refractivity contribution in [3.05, 3.63) is 47.8 Å². The quantitative estimate of drug-likeness (QED) is 0.796. The van der Waals surface area contributed by atoms with Gasteiger partial charge in [0.15, 0.2) is 0 Å². The third-order valence-corrected chi connectivity index (χ3v) is 2.80. The lowest BCUT2D eigenvalue weighted by atomic mass is 10.1. The number of nitrogen functional groups attached to an aromatic ring is 1. The molecule has 2 heterocycles. The van der Waals surface area contributed by atoms with Crippen LogP contribution in [0.5, 0.6) is 0 Å². The number of pyridine rings is 2. The van der Waals surface area contributed by atoms with Crippen LogP contribution in [0.3, 0.4) is 0 Å². The van der Waals surface area contributed by atoms with Gasteiger partial charge in [-0.1, -0.05) is 6.58 Å². The maximum absolute atomic E-state index is 12.8. The molecule has 5 nitrogen and oxygen atoms in total. The van der Waals surface area contributed by atoms with Gasteiger partial charge in [0.2, 0.25) is 0 Å². The monoisotopic (exact) mass is 273 g/mol. The van der Waals surface area contributed by atoms with E-state index in [1.54, 1.807) is 12.3 Å². The van der Waals surface area contributed by atoms with E-state index in [0.717, 1.165) is 11.4 Å². The molecule has 0 atom stereocenters. The molecule has 6 heteroatoms. The van der Waals surface area contributed by atoms with Crippen molar-refractivity contribution in [1.29, 1.82) is 0 Å². The van der Waals surface area contributed by atoms with E-state index >= 15 is 0 Å². The van der Waals surface area contributed by atoms with Crippen molar-refractivity contribution in [2.24, 2.45) is 5.73 Å². The molecule has 2 aromatic rings. The second kappa shape index (κ2) is 5.56. The highest BCUT2D eigenvalue weighted by atomic mass is 19.1. The number of nitrogens with zero attached hydrogens (tertiary/aromatic N) is 2. The predicted molar refractivity (Wildman–Crippen MR) is 78.9 cm³/mol. The summed E-state index contributed by atoms with van der Waals surface area (Å²) in [6, 6.07) is 5.26. The largest absolute Gasteiger partial charge is 0.399 e. The molecule has 0 aliphatic rings. The standard InChI is InChI=1S/C14H16FN5/c1-8-3-4-11(7-18-8)19-14-12(9(2)16)5-10(6-15)13(17)20-14/h3-5,7H,2,6,16H2,1H3,(H3,17,19,20). The highest BCUT2D eigenvalue weighted by molar-refractivity contribution is 5.76. The Kier molecular flexibility index (Phi) is 3.84. The molecule has 5 N–H and O–H groups in total. The molecule has 2 aromatic heterocycles. The first kappa shape index (κ1) is 13.8. The van der Waals surface area contributed by atoms with E-state index in [2.05, 4.69) is 21.9 Å². The molecule has 0 aromatic carbocycles. The summed E-state index contributed by atoms with van der Waals surface area (Å²) in [6.07, 6.45) is 1.67. The van der Waals surface area contributed by atoms with Crippen LogP contribution in [-0.4, -0.2) is 9.97 Å². The number of hydrogen-bond donors (Lipinski definition) is 3. The van der Waals surface area contributed by atoms with E-state index in [4.69, 9.17) is 11.5 Å². The number of rotatable bonds is 4. The zero-order valence-electron chi connectivity index (χ0n) is 11.2. The number of hydrogen-bond acceptors (Lipinski definition) is 5. The molecular formula is C14H16FN5. The van der Waals surface area contributed by atoms with Crippen molar-refractivity contribution < 1.29 is 4.39 Å². The molecule has 0 aliphatic carbocycles. The number of halogens is 1. The van der Waals surface area contributed by atoms with E-state index in [9.17, 15) is 4.39 Å². The van der Waals surface area contributed by atoms with Gasteiger partial charge in [-0.2, -0.15) is 0 Å². The average Bonchev–Trinajstić information content (AvgIpc) is 2.41. The average molecular weight is 273 g/mol. The summed E-state index contributed by atoms with van der Waals surface area (Å²) in [5, 5.41) is 3.06. The Labute approximate surface area is 116 Å². The number of nitrogens with two attached hydrogens (primary N) is 2. The van der Waals surface area contributed by atoms with Crippen LogP contribution in [0.4, 0.5) is 21.7 Å². The second-order valence-corrected chi connectivity index (χ2v) is 4.40. The Bertz CT molecular complexity index is 637. The van der Waals surface area contributed by atoms with Crippen LogP contribution in [0.15, 0.2) is 31.0 Å². The lowest BCUT2D eigenvalue weighted by Crippen LogP contribution is -2.07. The van der Waals surface area contributed by atoms with Gasteiger partial charge in [0.05, 0.1) is 11.9 Å². The van der Waals surface area contributed by atoms with Gasteiger partial charge in [0.1, 0.15) is 18.3 Å².